The molecule has 48 heavy (non-hydrogen) atoms. The first kappa shape index (κ1) is 30.8. The third kappa shape index (κ3) is 6.01. The van der Waals surface area contributed by atoms with Gasteiger partial charge in [0.1, 0.15) is 22.8 Å². The molecule has 0 aliphatic carbocycles. The van der Waals surface area contributed by atoms with Crippen LogP contribution in [0.4, 0.5) is 8.78 Å². The van der Waals surface area contributed by atoms with Gasteiger partial charge in [-0.3, -0.25) is 24.4 Å². The minimum Gasteiger partial charge on any atom is -0.268 e. The van der Waals surface area contributed by atoms with Crippen LogP contribution in [-0.2, 0) is 4.79 Å². The molecule has 1 aromatic heterocycles. The molecule has 6 aromatic rings. The van der Waals surface area contributed by atoms with Crippen molar-refractivity contribution in [1.82, 2.24) is 20.0 Å². The van der Waals surface area contributed by atoms with Crippen molar-refractivity contribution >= 4 is 40.6 Å². The molecule has 5 aromatic carbocycles. The predicted octanol–water partition coefficient (Wildman–Crippen LogP) is 7.60. The van der Waals surface area contributed by atoms with Gasteiger partial charge in [-0.15, -0.1) is 0 Å². The summed E-state index contributed by atoms with van der Waals surface area (Å²) in [7, 11) is 0. The lowest BCUT2D eigenvalue weighted by atomic mass is 10.1. The second-order valence-corrected chi connectivity index (χ2v) is 12.3. The molecule has 0 spiro atoms. The molecule has 1 unspecified atom stereocenters. The monoisotopic (exact) mass is 656 g/mol. The van der Waals surface area contributed by atoms with E-state index in [0.717, 1.165) is 11.1 Å². The third-order valence-corrected chi connectivity index (χ3v) is 9.17. The first-order chi connectivity index (χ1) is 23.2. The van der Waals surface area contributed by atoms with Crippen LogP contribution in [0.3, 0.4) is 0 Å². The highest BCUT2D eigenvalue weighted by molar-refractivity contribution is 8.04. The zero-order chi connectivity index (χ0) is 33.4. The van der Waals surface area contributed by atoms with Crippen molar-refractivity contribution in [3.05, 3.63) is 170 Å². The molecular formula is C38H26F2N4O3S. The number of hydrogen-bond donors (Lipinski definition) is 1. The maximum absolute atomic E-state index is 13.8. The summed E-state index contributed by atoms with van der Waals surface area (Å²) < 4.78 is 28.7. The Kier molecular flexibility index (Phi) is 8.16. The molecule has 2 amide bonds. The van der Waals surface area contributed by atoms with Crippen molar-refractivity contribution in [1.29, 1.82) is 0 Å². The fourth-order valence-electron chi connectivity index (χ4n) is 5.41. The number of benzene rings is 5. The minimum atomic E-state index is -0.688. The Hall–Kier alpha value is -5.87. The molecule has 0 bridgehead atoms. The Morgan fingerprint density at radius 2 is 1.46 bits per heavy atom. The van der Waals surface area contributed by atoms with Gasteiger partial charge in [-0.05, 0) is 84.8 Å². The van der Waals surface area contributed by atoms with Crippen LogP contribution in [0, 0.1) is 18.6 Å². The van der Waals surface area contributed by atoms with E-state index in [4.69, 9.17) is 4.98 Å². The van der Waals surface area contributed by atoms with Gasteiger partial charge in [-0.25, -0.2) is 18.8 Å². The summed E-state index contributed by atoms with van der Waals surface area (Å²) in [5.41, 5.74) is 6.81. The van der Waals surface area contributed by atoms with Gasteiger partial charge in [0.25, 0.3) is 17.4 Å². The summed E-state index contributed by atoms with van der Waals surface area (Å²) in [5, 5.41) is 0.973. The lowest BCUT2D eigenvalue weighted by molar-refractivity contribution is -0.128. The lowest BCUT2D eigenvalue weighted by Crippen LogP contribution is -2.44. The van der Waals surface area contributed by atoms with Crippen LogP contribution >= 0.6 is 11.8 Å². The molecule has 10 heteroatoms. The fraction of sp³-hybridized carbons (Fsp3) is 0.0526. The highest BCUT2D eigenvalue weighted by Crippen LogP contribution is 2.45. The Labute approximate surface area is 278 Å². The van der Waals surface area contributed by atoms with E-state index in [1.165, 1.54) is 45.6 Å². The molecule has 236 valence electrons. The molecule has 2 heterocycles. The van der Waals surface area contributed by atoms with Gasteiger partial charge in [-0.2, -0.15) is 0 Å². The number of amides is 2. The van der Waals surface area contributed by atoms with E-state index >= 15 is 0 Å². The van der Waals surface area contributed by atoms with Crippen LogP contribution < -0.4 is 11.0 Å². The van der Waals surface area contributed by atoms with Gasteiger partial charge in [0, 0.05) is 11.1 Å². The van der Waals surface area contributed by atoms with Crippen LogP contribution in [0.25, 0.3) is 34.1 Å². The average molecular weight is 657 g/mol. The zero-order valence-electron chi connectivity index (χ0n) is 25.4. The number of para-hydroxylation sites is 1. The first-order valence-electron chi connectivity index (χ1n) is 15.0. The summed E-state index contributed by atoms with van der Waals surface area (Å²) >= 11 is 1.19. The Morgan fingerprint density at radius 1 is 0.812 bits per heavy atom. The molecular weight excluding hydrogens is 631 g/mol. The normalized spacial score (nSPS) is 15.3. The third-order valence-electron chi connectivity index (χ3n) is 7.92. The summed E-state index contributed by atoms with van der Waals surface area (Å²) in [5.74, 6) is -1.41. The maximum Gasteiger partial charge on any atom is 0.280 e. The van der Waals surface area contributed by atoms with Gasteiger partial charge in [0.2, 0.25) is 0 Å². The van der Waals surface area contributed by atoms with E-state index in [1.54, 1.807) is 72.8 Å². The van der Waals surface area contributed by atoms with Crippen molar-refractivity contribution in [2.45, 2.75) is 12.3 Å². The van der Waals surface area contributed by atoms with Crippen LogP contribution in [0.5, 0.6) is 0 Å². The van der Waals surface area contributed by atoms with Crippen molar-refractivity contribution in [3.63, 3.8) is 0 Å². The van der Waals surface area contributed by atoms with Crippen LogP contribution in [0.15, 0.2) is 131 Å². The Balaban J connectivity index is 1.21. The van der Waals surface area contributed by atoms with Crippen LogP contribution in [0.2, 0.25) is 0 Å². The predicted molar refractivity (Wildman–Crippen MR) is 183 cm³/mol. The molecule has 1 N–H and O–H groups in total. The molecule has 1 aliphatic heterocycles. The molecule has 0 radical (unpaired) electrons. The molecule has 1 aliphatic rings. The average Bonchev–Trinajstić information content (AvgIpc) is 3.40. The van der Waals surface area contributed by atoms with E-state index in [2.05, 4.69) is 5.43 Å². The highest BCUT2D eigenvalue weighted by Gasteiger charge is 2.38. The summed E-state index contributed by atoms with van der Waals surface area (Å²) in [6, 6.07) is 32.7. The van der Waals surface area contributed by atoms with E-state index in [1.807, 2.05) is 37.3 Å². The van der Waals surface area contributed by atoms with E-state index in [0.29, 0.717) is 38.4 Å². The van der Waals surface area contributed by atoms with Gasteiger partial charge in [0.05, 0.1) is 21.5 Å². The number of rotatable bonds is 6. The van der Waals surface area contributed by atoms with E-state index < -0.39 is 28.8 Å². The van der Waals surface area contributed by atoms with Gasteiger partial charge in [-0.1, -0.05) is 78.0 Å². The first-order valence-corrected chi connectivity index (χ1v) is 15.9. The molecule has 1 saturated heterocycles. The maximum atomic E-state index is 13.8. The smallest absolute Gasteiger partial charge is 0.268 e. The Morgan fingerprint density at radius 3 is 2.15 bits per heavy atom. The van der Waals surface area contributed by atoms with E-state index in [9.17, 15) is 23.2 Å². The van der Waals surface area contributed by atoms with Gasteiger partial charge < -0.3 is 0 Å². The minimum absolute atomic E-state index is 0.240. The zero-order valence-corrected chi connectivity index (χ0v) is 26.2. The van der Waals surface area contributed by atoms with Crippen molar-refractivity contribution < 1.29 is 18.4 Å². The molecule has 1 fully saturated rings. The number of nitrogens with one attached hydrogen (secondary N) is 1. The lowest BCUT2D eigenvalue weighted by Gasteiger charge is -2.24. The SMILES string of the molecule is Cc1ccc(-c2nc3ccccc3c(=O)n2-c2ccc(C(=O)NN3C(=O)/C(=C/c4ccc(F)cc4)SC3c3ccc(F)cc3)cc2)cc1. The number of hydrazine groups is 1. The standard InChI is InChI=1S/C38H26F2N4O3S/c1-23-6-10-25(11-7-23)34-41-32-5-3-2-4-31(32)36(46)43(34)30-20-14-26(15-21-30)35(45)42-44-37(47)33(22-24-8-16-28(39)17-9-24)48-38(44)27-12-18-29(40)19-13-27/h2-22,38H,1H3,(H,42,45)/b33-22-. The number of hydrogen-bond acceptors (Lipinski definition) is 5. The Bertz CT molecular complexity index is 2270. The second kappa shape index (κ2) is 12.7. The number of carbonyl (C=O) groups is 2. The molecule has 7 rings (SSSR count). The number of aryl methyl sites for hydroxylation is 1. The van der Waals surface area contributed by atoms with Crippen molar-refractivity contribution in [2.24, 2.45) is 0 Å². The largest absolute Gasteiger partial charge is 0.280 e. The number of fused-ring (bicyclic) bond motifs is 1. The summed E-state index contributed by atoms with van der Waals surface area (Å²) in [6.07, 6.45) is 1.62. The number of thioether (sulfide) groups is 1. The topological polar surface area (TPSA) is 84.3 Å². The molecule has 0 saturated carbocycles. The highest BCUT2D eigenvalue weighted by atomic mass is 32.2. The number of aromatic nitrogens is 2. The molecule has 1 atom stereocenters. The molecule has 7 nitrogen and oxygen atoms in total. The van der Waals surface area contributed by atoms with Crippen molar-refractivity contribution in [3.8, 4) is 17.1 Å². The van der Waals surface area contributed by atoms with E-state index in [-0.39, 0.29) is 11.1 Å². The van der Waals surface area contributed by atoms with Gasteiger partial charge in [0.15, 0.2) is 0 Å². The van der Waals surface area contributed by atoms with Crippen LogP contribution in [0.1, 0.15) is 32.4 Å². The number of nitrogens with zero attached hydrogens (tertiary/aromatic N) is 3. The van der Waals surface area contributed by atoms with Gasteiger partial charge >= 0.3 is 0 Å². The van der Waals surface area contributed by atoms with Crippen molar-refractivity contribution in [2.75, 3.05) is 0 Å². The summed E-state index contributed by atoms with van der Waals surface area (Å²) in [4.78, 5) is 46.1. The summed E-state index contributed by atoms with van der Waals surface area (Å²) in [6.45, 7) is 1.98. The van der Waals surface area contributed by atoms with Crippen LogP contribution in [-0.4, -0.2) is 26.4 Å². The number of halogens is 2. The number of carbonyl (C=O) groups excluding carboxylic acids is 2. The second-order valence-electron chi connectivity index (χ2n) is 11.2. The fourth-order valence-corrected chi connectivity index (χ4v) is 6.60. The quantitative estimate of drug-likeness (QED) is 0.187.